The van der Waals surface area contributed by atoms with Gasteiger partial charge in [0.15, 0.2) is 0 Å². The van der Waals surface area contributed by atoms with E-state index in [2.05, 4.69) is 20.6 Å². The predicted octanol–water partition coefficient (Wildman–Crippen LogP) is 2.05. The van der Waals surface area contributed by atoms with Crippen LogP contribution < -0.4 is 16.4 Å². The number of benzene rings is 2. The Kier molecular flexibility index (Phi) is 8.87. The molecule has 4 aliphatic rings. The number of aliphatic imine (C=N–C) groups is 1. The number of anilines is 1. The van der Waals surface area contributed by atoms with Crippen molar-refractivity contribution < 1.29 is 28.7 Å². The standard InChI is InChI=1S/C35H36N8O6/c36-17-20(28-19-39-26-3-1-2-4-27(26)40-28)18-38-21-10-13-42(14-11-21)35(48)30-16-23(49-30)9-12-37-22-5-6-24-25(15-22)34(47)43(33(24)46)29-7-8-31(44)41-32(29)45/h1-6,15,17-19,21,23,29-30,37H,7-14,16,36H2,(H,41,44,45)/t23-,29?,30-/m0/s1. The van der Waals surface area contributed by atoms with Crippen molar-refractivity contribution in [1.29, 1.82) is 0 Å². The molecule has 1 aromatic heterocycles. The zero-order valence-corrected chi connectivity index (χ0v) is 26.7. The van der Waals surface area contributed by atoms with E-state index in [0.29, 0.717) is 49.4 Å². The van der Waals surface area contributed by atoms with Crippen molar-refractivity contribution in [2.75, 3.05) is 25.0 Å². The van der Waals surface area contributed by atoms with Gasteiger partial charge in [-0.25, -0.2) is 4.98 Å². The second-order valence-electron chi connectivity index (χ2n) is 12.6. The molecule has 4 aliphatic heterocycles. The minimum absolute atomic E-state index is 0.00277. The molecule has 0 radical (unpaired) electrons. The van der Waals surface area contributed by atoms with Crippen molar-refractivity contribution in [3.8, 4) is 0 Å². The monoisotopic (exact) mass is 664 g/mol. The van der Waals surface area contributed by atoms with Gasteiger partial charge in [-0.1, -0.05) is 12.1 Å². The summed E-state index contributed by atoms with van der Waals surface area (Å²) in [6.07, 6.45) is 7.34. The lowest BCUT2D eigenvalue weighted by molar-refractivity contribution is -0.173. The number of allylic oxidation sites excluding steroid dienone is 1. The predicted molar refractivity (Wildman–Crippen MR) is 179 cm³/mol. The van der Waals surface area contributed by atoms with Gasteiger partial charge in [-0.15, -0.1) is 0 Å². The summed E-state index contributed by atoms with van der Waals surface area (Å²) in [4.78, 5) is 79.5. The Hall–Kier alpha value is -5.50. The Bertz CT molecular complexity index is 1900. The number of nitrogens with two attached hydrogens (primary N) is 1. The fraction of sp³-hybridized carbons (Fsp3) is 0.371. The van der Waals surface area contributed by atoms with Gasteiger partial charge in [0.2, 0.25) is 11.8 Å². The molecular weight excluding hydrogens is 628 g/mol. The van der Waals surface area contributed by atoms with Crippen LogP contribution in [0.2, 0.25) is 0 Å². The van der Waals surface area contributed by atoms with Crippen LogP contribution in [0.4, 0.5) is 5.69 Å². The molecule has 0 saturated carbocycles. The molecule has 0 bridgehead atoms. The zero-order chi connectivity index (χ0) is 34.1. The topological polar surface area (TPSA) is 189 Å². The SMILES string of the molecule is NC=C(C=NC1CCN(C(=O)[C@@H]2C[C@H](CCNc3ccc4c(c3)C(=O)N(C3CCC(=O)NC3=O)C4=O)O2)CC1)c1cnc2ccccc2n1. The number of nitrogens with zero attached hydrogens (tertiary/aromatic N) is 5. The van der Waals surface area contributed by atoms with Crippen LogP contribution >= 0.6 is 0 Å². The lowest BCUT2D eigenvalue weighted by atomic mass is 9.98. The largest absolute Gasteiger partial charge is 0.404 e. The molecule has 2 aromatic carbocycles. The fourth-order valence-corrected chi connectivity index (χ4v) is 6.68. The molecule has 252 valence electrons. The molecule has 0 spiro atoms. The molecule has 0 aliphatic carbocycles. The molecular formula is C35H36N8O6. The highest BCUT2D eigenvalue weighted by Crippen LogP contribution is 2.31. The maximum absolute atomic E-state index is 13.1. The third kappa shape index (κ3) is 6.51. The lowest BCUT2D eigenvalue weighted by Gasteiger charge is -2.40. The number of imide groups is 2. The van der Waals surface area contributed by atoms with E-state index in [1.54, 1.807) is 30.6 Å². The third-order valence-corrected chi connectivity index (χ3v) is 9.47. The Morgan fingerprint density at radius 3 is 2.55 bits per heavy atom. The summed E-state index contributed by atoms with van der Waals surface area (Å²) in [6.45, 7) is 1.74. The minimum Gasteiger partial charge on any atom is -0.404 e. The van der Waals surface area contributed by atoms with Crippen molar-refractivity contribution in [3.63, 3.8) is 0 Å². The molecule has 14 heteroatoms. The summed E-state index contributed by atoms with van der Waals surface area (Å²) >= 11 is 0. The van der Waals surface area contributed by atoms with Gasteiger partial charge < -0.3 is 20.7 Å². The number of ether oxygens (including phenoxy) is 1. The van der Waals surface area contributed by atoms with Crippen molar-refractivity contribution in [3.05, 3.63) is 71.7 Å². The maximum Gasteiger partial charge on any atom is 0.262 e. The number of hydrogen-bond donors (Lipinski definition) is 3. The normalized spacial score (nSPS) is 23.2. The summed E-state index contributed by atoms with van der Waals surface area (Å²) in [5.41, 5.74) is 9.92. The maximum atomic E-state index is 13.1. The smallest absolute Gasteiger partial charge is 0.262 e. The Labute approximate surface area is 281 Å². The van der Waals surface area contributed by atoms with Gasteiger partial charge in [-0.05, 0) is 56.0 Å². The van der Waals surface area contributed by atoms with Crippen LogP contribution in [0.25, 0.3) is 16.6 Å². The number of para-hydroxylation sites is 2. The first-order chi connectivity index (χ1) is 23.8. The number of aromatic nitrogens is 2. The fourth-order valence-electron chi connectivity index (χ4n) is 6.68. The number of piperidine rings is 2. The summed E-state index contributed by atoms with van der Waals surface area (Å²) in [5.74, 6) is -2.14. The van der Waals surface area contributed by atoms with E-state index in [1.807, 2.05) is 29.2 Å². The molecule has 7 rings (SSSR count). The average Bonchev–Trinajstić information content (AvgIpc) is 3.34. The number of carbonyl (C=O) groups excluding carboxylic acids is 5. The highest BCUT2D eigenvalue weighted by atomic mass is 16.5. The van der Waals surface area contributed by atoms with E-state index in [9.17, 15) is 24.0 Å². The Morgan fingerprint density at radius 1 is 1.04 bits per heavy atom. The third-order valence-electron chi connectivity index (χ3n) is 9.47. The number of carbonyl (C=O) groups is 5. The molecule has 14 nitrogen and oxygen atoms in total. The average molecular weight is 665 g/mol. The van der Waals surface area contributed by atoms with Gasteiger partial charge in [0.1, 0.15) is 12.1 Å². The van der Waals surface area contributed by atoms with E-state index < -0.39 is 35.8 Å². The Morgan fingerprint density at radius 2 is 1.80 bits per heavy atom. The van der Waals surface area contributed by atoms with Gasteiger partial charge in [0, 0.05) is 56.2 Å². The van der Waals surface area contributed by atoms with Crippen LogP contribution in [0, 0.1) is 0 Å². The molecule has 5 amide bonds. The molecule has 49 heavy (non-hydrogen) atoms. The molecule has 3 aromatic rings. The first-order valence-corrected chi connectivity index (χ1v) is 16.5. The molecule has 3 atom stereocenters. The molecule has 4 N–H and O–H groups in total. The number of likely N-dealkylation sites (tertiary alicyclic amines) is 1. The van der Waals surface area contributed by atoms with Crippen molar-refractivity contribution in [1.82, 2.24) is 25.1 Å². The first-order valence-electron chi connectivity index (χ1n) is 16.5. The zero-order valence-electron chi connectivity index (χ0n) is 26.7. The van der Waals surface area contributed by atoms with E-state index in [1.165, 1.54) is 6.20 Å². The van der Waals surface area contributed by atoms with Gasteiger partial charge in [0.25, 0.3) is 17.7 Å². The van der Waals surface area contributed by atoms with Crippen molar-refractivity contribution >= 4 is 58.0 Å². The second-order valence-corrected chi connectivity index (χ2v) is 12.6. The van der Waals surface area contributed by atoms with Gasteiger partial charge in [-0.3, -0.25) is 44.2 Å². The van der Waals surface area contributed by atoms with E-state index >= 15 is 0 Å². The first kappa shape index (κ1) is 32.1. The summed E-state index contributed by atoms with van der Waals surface area (Å²) in [5, 5.41) is 5.46. The summed E-state index contributed by atoms with van der Waals surface area (Å²) in [6, 6.07) is 11.6. The van der Waals surface area contributed by atoms with Gasteiger partial charge in [-0.2, -0.15) is 0 Å². The summed E-state index contributed by atoms with van der Waals surface area (Å²) < 4.78 is 5.93. The number of nitrogens with one attached hydrogen (secondary N) is 2. The second kappa shape index (κ2) is 13.5. The quantitative estimate of drug-likeness (QED) is 0.226. The van der Waals surface area contributed by atoms with Crippen LogP contribution in [-0.2, 0) is 19.1 Å². The number of hydrogen-bond acceptors (Lipinski definition) is 11. The van der Waals surface area contributed by atoms with Crippen molar-refractivity contribution in [2.45, 2.75) is 62.8 Å². The van der Waals surface area contributed by atoms with E-state index in [4.69, 9.17) is 15.5 Å². The molecule has 3 fully saturated rings. The highest BCUT2D eigenvalue weighted by molar-refractivity contribution is 6.23. The Balaban J connectivity index is 0.837. The summed E-state index contributed by atoms with van der Waals surface area (Å²) in [7, 11) is 0. The number of amides is 5. The molecule has 5 heterocycles. The van der Waals surface area contributed by atoms with Crippen LogP contribution in [0.15, 0.2) is 59.9 Å². The van der Waals surface area contributed by atoms with Crippen LogP contribution in [0.5, 0.6) is 0 Å². The lowest BCUT2D eigenvalue weighted by Crippen LogP contribution is -2.54. The molecule has 1 unspecified atom stereocenters. The highest BCUT2D eigenvalue weighted by Gasteiger charge is 2.45. The van der Waals surface area contributed by atoms with Crippen molar-refractivity contribution in [2.24, 2.45) is 10.7 Å². The minimum atomic E-state index is -1.00. The van der Waals surface area contributed by atoms with Crippen LogP contribution in [0.1, 0.15) is 64.9 Å². The van der Waals surface area contributed by atoms with E-state index in [0.717, 1.165) is 28.8 Å². The van der Waals surface area contributed by atoms with Gasteiger partial charge in [0.05, 0.1) is 46.2 Å². The van der Waals surface area contributed by atoms with E-state index in [-0.39, 0.29) is 42.0 Å². The van der Waals surface area contributed by atoms with Crippen LogP contribution in [0.3, 0.4) is 0 Å². The number of fused-ring (bicyclic) bond motifs is 2. The number of rotatable bonds is 9. The molecule has 3 saturated heterocycles. The van der Waals surface area contributed by atoms with Crippen LogP contribution in [-0.4, -0.2) is 99.4 Å². The van der Waals surface area contributed by atoms with Gasteiger partial charge >= 0.3 is 0 Å².